The zero-order valence-electron chi connectivity index (χ0n) is 7.48. The van der Waals surface area contributed by atoms with E-state index in [0.717, 1.165) is 43.6 Å². The highest BCUT2D eigenvalue weighted by molar-refractivity contribution is 9.11. The van der Waals surface area contributed by atoms with Crippen LogP contribution in [0.3, 0.4) is 0 Å². The number of fused-ring (bicyclic) bond motifs is 1. The van der Waals surface area contributed by atoms with Crippen molar-refractivity contribution in [2.24, 2.45) is 5.73 Å². The van der Waals surface area contributed by atoms with E-state index in [9.17, 15) is 0 Å². The second-order valence-electron chi connectivity index (χ2n) is 3.31. The smallest absolute Gasteiger partial charge is 0.0556 e. The fraction of sp³-hybridized carbons (Fsp3) is 0.200. The molecule has 0 unspecified atom stereocenters. The van der Waals surface area contributed by atoms with Gasteiger partial charge in [-0.2, -0.15) is 0 Å². The van der Waals surface area contributed by atoms with Gasteiger partial charge in [0.25, 0.3) is 0 Å². The highest BCUT2D eigenvalue weighted by atomic mass is 79.9. The summed E-state index contributed by atoms with van der Waals surface area (Å²) in [5.41, 5.74) is 13.5. The van der Waals surface area contributed by atoms with Crippen LogP contribution >= 0.6 is 31.9 Å². The fourth-order valence-corrected chi connectivity index (χ4v) is 3.02. The summed E-state index contributed by atoms with van der Waals surface area (Å²) >= 11 is 6.92. The van der Waals surface area contributed by atoms with Crippen LogP contribution in [0.1, 0.15) is 12.8 Å². The molecule has 4 heteroatoms. The van der Waals surface area contributed by atoms with Crippen molar-refractivity contribution >= 4 is 49.3 Å². The van der Waals surface area contributed by atoms with Gasteiger partial charge >= 0.3 is 0 Å². The minimum atomic E-state index is 0.733. The summed E-state index contributed by atoms with van der Waals surface area (Å²) in [4.78, 5) is 0. The molecule has 0 atom stereocenters. The van der Waals surface area contributed by atoms with E-state index in [-0.39, 0.29) is 0 Å². The Kier molecular flexibility index (Phi) is 2.58. The third-order valence-corrected chi connectivity index (χ3v) is 3.70. The van der Waals surface area contributed by atoms with Gasteiger partial charge < -0.3 is 11.5 Å². The lowest BCUT2D eigenvalue weighted by atomic mass is 10.0. The van der Waals surface area contributed by atoms with Crippen molar-refractivity contribution < 1.29 is 0 Å². The van der Waals surface area contributed by atoms with Crippen molar-refractivity contribution in [2.45, 2.75) is 12.8 Å². The molecule has 0 fully saturated rings. The average Bonchev–Trinajstić information content (AvgIpc) is 2.14. The van der Waals surface area contributed by atoms with Gasteiger partial charge in [0.05, 0.1) is 5.69 Å². The molecule has 0 amide bonds. The Balaban J connectivity index is 3.03. The van der Waals surface area contributed by atoms with Gasteiger partial charge in [-0.25, -0.2) is 0 Å². The normalized spacial score (nSPS) is 14.9. The van der Waals surface area contributed by atoms with E-state index in [1.54, 1.807) is 0 Å². The van der Waals surface area contributed by atoms with Gasteiger partial charge in [-0.1, -0.05) is 22.0 Å². The minimum absolute atomic E-state index is 0.733. The summed E-state index contributed by atoms with van der Waals surface area (Å²) < 4.78 is 1.93. The van der Waals surface area contributed by atoms with Gasteiger partial charge in [0, 0.05) is 19.9 Å². The molecular formula is C10H10Br2N2. The predicted molar refractivity (Wildman–Crippen MR) is 66.8 cm³/mol. The number of halogens is 2. The first-order chi connectivity index (χ1) is 6.61. The van der Waals surface area contributed by atoms with E-state index < -0.39 is 0 Å². The topological polar surface area (TPSA) is 52.0 Å². The lowest BCUT2D eigenvalue weighted by Gasteiger charge is -2.11. The molecule has 0 bridgehead atoms. The molecule has 0 aromatic heterocycles. The summed E-state index contributed by atoms with van der Waals surface area (Å²) in [5.74, 6) is 0. The summed E-state index contributed by atoms with van der Waals surface area (Å²) in [6.45, 7) is 0. The van der Waals surface area contributed by atoms with Gasteiger partial charge in [-0.3, -0.25) is 0 Å². The van der Waals surface area contributed by atoms with Crippen LogP contribution in [0, 0.1) is 0 Å². The van der Waals surface area contributed by atoms with Crippen LogP contribution in [0.15, 0.2) is 15.0 Å². The monoisotopic (exact) mass is 316 g/mol. The van der Waals surface area contributed by atoms with Crippen LogP contribution in [0.5, 0.6) is 0 Å². The highest BCUT2D eigenvalue weighted by Gasteiger charge is 2.09. The molecule has 2 rings (SSSR count). The molecule has 0 radical (unpaired) electrons. The molecule has 74 valence electrons. The molecule has 0 saturated heterocycles. The van der Waals surface area contributed by atoms with Crippen molar-refractivity contribution in [1.29, 1.82) is 0 Å². The average molecular weight is 318 g/mol. The predicted octanol–water partition coefficient (Wildman–Crippen LogP) is 1.44. The first-order valence-corrected chi connectivity index (χ1v) is 5.92. The van der Waals surface area contributed by atoms with Gasteiger partial charge in [-0.15, -0.1) is 0 Å². The van der Waals surface area contributed by atoms with E-state index in [1.165, 1.54) is 0 Å². The van der Waals surface area contributed by atoms with Gasteiger partial charge in [-0.05, 0) is 40.1 Å². The number of hydrogen-bond donors (Lipinski definition) is 2. The second-order valence-corrected chi connectivity index (χ2v) is 5.02. The maximum atomic E-state index is 5.97. The molecule has 1 aromatic rings. The Morgan fingerprint density at radius 3 is 2.57 bits per heavy atom. The molecule has 2 nitrogen and oxygen atoms in total. The van der Waals surface area contributed by atoms with Crippen molar-refractivity contribution in [1.82, 2.24) is 0 Å². The first kappa shape index (κ1) is 10.1. The molecule has 4 N–H and O–H groups in total. The number of rotatable bonds is 0. The van der Waals surface area contributed by atoms with Crippen molar-refractivity contribution in [3.8, 4) is 0 Å². The van der Waals surface area contributed by atoms with Gasteiger partial charge in [0.1, 0.15) is 0 Å². The zero-order valence-corrected chi connectivity index (χ0v) is 10.7. The van der Waals surface area contributed by atoms with Crippen LogP contribution in [0.4, 0.5) is 5.69 Å². The Morgan fingerprint density at radius 1 is 1.14 bits per heavy atom. The minimum Gasteiger partial charge on any atom is -0.401 e. The van der Waals surface area contributed by atoms with E-state index in [4.69, 9.17) is 11.5 Å². The quantitative estimate of drug-likeness (QED) is 0.711. The summed E-state index contributed by atoms with van der Waals surface area (Å²) in [6, 6.07) is 1.96. The van der Waals surface area contributed by atoms with E-state index in [2.05, 4.69) is 37.9 Å². The van der Waals surface area contributed by atoms with Crippen molar-refractivity contribution in [3.63, 3.8) is 0 Å². The summed E-state index contributed by atoms with van der Waals surface area (Å²) in [7, 11) is 0. The molecular weight excluding hydrogens is 308 g/mol. The zero-order chi connectivity index (χ0) is 10.3. The van der Waals surface area contributed by atoms with Crippen molar-refractivity contribution in [2.75, 3.05) is 5.73 Å². The molecule has 0 aliphatic heterocycles. The first-order valence-electron chi connectivity index (χ1n) is 4.33. The lowest BCUT2D eigenvalue weighted by molar-refractivity contribution is 1.05. The number of benzene rings is 1. The summed E-state index contributed by atoms with van der Waals surface area (Å²) in [5, 5.41) is 2.10. The van der Waals surface area contributed by atoms with Crippen LogP contribution in [-0.4, -0.2) is 0 Å². The lowest BCUT2D eigenvalue weighted by Crippen LogP contribution is -2.36. The Hall–Kier alpha value is -0.480. The molecule has 1 aliphatic carbocycles. The van der Waals surface area contributed by atoms with E-state index >= 15 is 0 Å². The van der Waals surface area contributed by atoms with Gasteiger partial charge in [0.15, 0.2) is 0 Å². The number of hydrogen-bond acceptors (Lipinski definition) is 2. The molecule has 0 heterocycles. The molecule has 1 aromatic carbocycles. The standard InChI is InChI=1S/C10H10Br2N2/c11-6-4-7(12)10(14)9-5(6)2-1-3-8(9)13/h2,4H,1,3,13-14H2. The molecule has 1 aliphatic rings. The Bertz CT molecular complexity index is 506. The molecule has 0 saturated carbocycles. The second kappa shape index (κ2) is 3.59. The third kappa shape index (κ3) is 1.46. The number of nitrogen functional groups attached to an aromatic ring is 1. The largest absolute Gasteiger partial charge is 0.401 e. The van der Waals surface area contributed by atoms with E-state index in [0.29, 0.717) is 0 Å². The Morgan fingerprint density at radius 2 is 1.86 bits per heavy atom. The van der Waals surface area contributed by atoms with Gasteiger partial charge in [0.2, 0.25) is 0 Å². The van der Waals surface area contributed by atoms with Crippen LogP contribution < -0.4 is 21.9 Å². The van der Waals surface area contributed by atoms with Crippen molar-refractivity contribution in [3.05, 3.63) is 25.4 Å². The van der Waals surface area contributed by atoms with Crippen LogP contribution in [0.2, 0.25) is 0 Å². The Labute approximate surface area is 98.9 Å². The maximum Gasteiger partial charge on any atom is 0.0556 e. The maximum absolute atomic E-state index is 5.97. The molecule has 14 heavy (non-hydrogen) atoms. The van der Waals surface area contributed by atoms with Crippen LogP contribution in [-0.2, 0) is 0 Å². The number of nitrogens with two attached hydrogens (primary N) is 2. The van der Waals surface area contributed by atoms with E-state index in [1.807, 2.05) is 6.07 Å². The SMILES string of the molecule is NC1=c2c(N)c(Br)cc(Br)c2=CCC1. The number of anilines is 1. The molecule has 0 spiro atoms. The van der Waals surface area contributed by atoms with Crippen LogP contribution in [0.25, 0.3) is 11.8 Å². The third-order valence-electron chi connectivity index (χ3n) is 2.39. The summed E-state index contributed by atoms with van der Waals surface area (Å²) in [6.07, 6.45) is 4.04. The highest BCUT2D eigenvalue weighted by Crippen LogP contribution is 2.19. The fourth-order valence-electron chi connectivity index (χ4n) is 1.69.